The molecule has 6 heteroatoms. The second kappa shape index (κ2) is 10.6. The number of piperidine rings is 1. The number of amides is 3. The quantitative estimate of drug-likeness (QED) is 0.735. The summed E-state index contributed by atoms with van der Waals surface area (Å²) in [4.78, 5) is 32.3. The largest absolute Gasteiger partial charge is 0.343 e. The molecule has 1 saturated carbocycles. The summed E-state index contributed by atoms with van der Waals surface area (Å²) in [6.07, 6.45) is 8.98. The lowest BCUT2D eigenvalue weighted by atomic mass is 9.93. The highest BCUT2D eigenvalue weighted by atomic mass is 16.2. The molecule has 2 aliphatic rings. The molecule has 2 N–H and O–H groups in total. The Morgan fingerprint density at radius 2 is 1.69 bits per heavy atom. The molecule has 0 bridgehead atoms. The number of aromatic nitrogens is 1. The number of nitrogens with one attached hydrogen (secondary N) is 2. The smallest absolute Gasteiger partial charge is 0.317 e. The van der Waals surface area contributed by atoms with E-state index in [2.05, 4.69) is 15.6 Å². The SMILES string of the molecule is Cc1cccnc1C(NC(=O)C1CCN(C(=O)NC2CCCCC2)CC1)c1ccccc1. The molecule has 1 aliphatic heterocycles. The molecule has 170 valence electrons. The zero-order chi connectivity index (χ0) is 22.3. The van der Waals surface area contributed by atoms with Crippen molar-refractivity contribution in [1.29, 1.82) is 0 Å². The van der Waals surface area contributed by atoms with Crippen molar-refractivity contribution in [3.8, 4) is 0 Å². The van der Waals surface area contributed by atoms with E-state index in [0.717, 1.165) is 29.7 Å². The van der Waals surface area contributed by atoms with Gasteiger partial charge in [-0.3, -0.25) is 9.78 Å². The first-order valence-electron chi connectivity index (χ1n) is 11.9. The second-order valence-electron chi connectivity index (χ2n) is 9.10. The van der Waals surface area contributed by atoms with Crippen molar-refractivity contribution in [1.82, 2.24) is 20.5 Å². The van der Waals surface area contributed by atoms with Crippen LogP contribution in [0, 0.1) is 12.8 Å². The zero-order valence-corrected chi connectivity index (χ0v) is 18.9. The molecule has 1 saturated heterocycles. The van der Waals surface area contributed by atoms with Crippen molar-refractivity contribution < 1.29 is 9.59 Å². The summed E-state index contributed by atoms with van der Waals surface area (Å²) in [5.41, 5.74) is 2.94. The highest BCUT2D eigenvalue weighted by molar-refractivity contribution is 5.80. The molecule has 1 aliphatic carbocycles. The molecule has 2 heterocycles. The Kier molecular flexibility index (Phi) is 7.40. The average molecular weight is 435 g/mol. The van der Waals surface area contributed by atoms with Gasteiger partial charge in [0.2, 0.25) is 5.91 Å². The van der Waals surface area contributed by atoms with E-state index in [-0.39, 0.29) is 23.9 Å². The summed E-state index contributed by atoms with van der Waals surface area (Å²) in [5, 5.41) is 6.44. The van der Waals surface area contributed by atoms with Crippen LogP contribution in [0.1, 0.15) is 67.8 Å². The Morgan fingerprint density at radius 3 is 2.38 bits per heavy atom. The van der Waals surface area contributed by atoms with Gasteiger partial charge < -0.3 is 15.5 Å². The zero-order valence-electron chi connectivity index (χ0n) is 18.9. The summed E-state index contributed by atoms with van der Waals surface area (Å²) < 4.78 is 0. The van der Waals surface area contributed by atoms with Crippen molar-refractivity contribution in [2.45, 2.75) is 64.0 Å². The number of aryl methyl sites for hydroxylation is 1. The van der Waals surface area contributed by atoms with Gasteiger partial charge in [-0.15, -0.1) is 0 Å². The highest BCUT2D eigenvalue weighted by Gasteiger charge is 2.30. The van der Waals surface area contributed by atoms with E-state index in [9.17, 15) is 9.59 Å². The number of carbonyl (C=O) groups is 2. The predicted molar refractivity (Wildman–Crippen MR) is 125 cm³/mol. The Morgan fingerprint density at radius 1 is 0.969 bits per heavy atom. The van der Waals surface area contributed by atoms with Crippen molar-refractivity contribution in [3.05, 3.63) is 65.5 Å². The van der Waals surface area contributed by atoms with Crippen LogP contribution in [0.25, 0.3) is 0 Å². The molecule has 32 heavy (non-hydrogen) atoms. The van der Waals surface area contributed by atoms with Crippen molar-refractivity contribution >= 4 is 11.9 Å². The topological polar surface area (TPSA) is 74.3 Å². The van der Waals surface area contributed by atoms with E-state index < -0.39 is 0 Å². The molecule has 4 rings (SSSR count). The number of likely N-dealkylation sites (tertiary alicyclic amines) is 1. The normalized spacial score (nSPS) is 18.7. The summed E-state index contributed by atoms with van der Waals surface area (Å²) in [5.74, 6) is -0.0554. The molecule has 1 aromatic carbocycles. The number of carbonyl (C=O) groups excluding carboxylic acids is 2. The van der Waals surface area contributed by atoms with Crippen molar-refractivity contribution in [2.75, 3.05) is 13.1 Å². The average Bonchev–Trinajstić information content (AvgIpc) is 2.84. The summed E-state index contributed by atoms with van der Waals surface area (Å²) in [6, 6.07) is 14.0. The standard InChI is InChI=1S/C26H34N4O2/c1-19-9-8-16-27-23(19)24(20-10-4-2-5-11-20)29-25(31)21-14-17-30(18-15-21)26(32)28-22-12-6-3-7-13-22/h2,4-5,8-11,16,21-22,24H,3,6-7,12-15,17-18H2,1H3,(H,28,32)(H,29,31). The van der Waals surface area contributed by atoms with Crippen LogP contribution in [-0.2, 0) is 4.79 Å². The van der Waals surface area contributed by atoms with E-state index >= 15 is 0 Å². The van der Waals surface area contributed by atoms with Gasteiger partial charge in [0.05, 0.1) is 11.7 Å². The Hall–Kier alpha value is -2.89. The van der Waals surface area contributed by atoms with Crippen molar-refractivity contribution in [2.24, 2.45) is 5.92 Å². The third kappa shape index (κ3) is 5.47. The first kappa shape index (κ1) is 22.3. The molecule has 2 fully saturated rings. The first-order chi connectivity index (χ1) is 15.6. The molecule has 0 spiro atoms. The third-order valence-corrected chi connectivity index (χ3v) is 6.83. The number of pyridine rings is 1. The fourth-order valence-corrected chi connectivity index (χ4v) is 4.87. The fraction of sp³-hybridized carbons (Fsp3) is 0.500. The van der Waals surface area contributed by atoms with Crippen LogP contribution in [0.15, 0.2) is 48.7 Å². The van der Waals surface area contributed by atoms with Crippen LogP contribution in [0.4, 0.5) is 4.79 Å². The van der Waals surface area contributed by atoms with Gasteiger partial charge in [-0.2, -0.15) is 0 Å². The third-order valence-electron chi connectivity index (χ3n) is 6.83. The van der Waals surface area contributed by atoms with E-state index in [4.69, 9.17) is 0 Å². The van der Waals surface area contributed by atoms with Gasteiger partial charge in [-0.1, -0.05) is 55.7 Å². The lowest BCUT2D eigenvalue weighted by Gasteiger charge is -2.34. The van der Waals surface area contributed by atoms with Crippen LogP contribution < -0.4 is 10.6 Å². The molecular weight excluding hydrogens is 400 g/mol. The Balaban J connectivity index is 1.36. The minimum Gasteiger partial charge on any atom is -0.343 e. The number of rotatable bonds is 5. The molecule has 2 aromatic rings. The van der Waals surface area contributed by atoms with Gasteiger partial charge in [0, 0.05) is 31.2 Å². The molecule has 1 aromatic heterocycles. The molecule has 1 unspecified atom stereocenters. The Labute approximate surface area is 190 Å². The van der Waals surface area contributed by atoms with Crippen LogP contribution in [0.3, 0.4) is 0 Å². The van der Waals surface area contributed by atoms with Crippen LogP contribution in [-0.4, -0.2) is 41.0 Å². The minimum absolute atomic E-state index is 0.0297. The van der Waals surface area contributed by atoms with E-state index in [1.54, 1.807) is 6.20 Å². The van der Waals surface area contributed by atoms with E-state index in [1.165, 1.54) is 19.3 Å². The molecular formula is C26H34N4O2. The lowest BCUT2D eigenvalue weighted by Crippen LogP contribution is -2.50. The Bertz CT molecular complexity index is 903. The fourth-order valence-electron chi connectivity index (χ4n) is 4.87. The maximum atomic E-state index is 13.2. The number of hydrogen-bond acceptors (Lipinski definition) is 3. The molecule has 1 atom stereocenters. The molecule has 0 radical (unpaired) electrons. The van der Waals surface area contributed by atoms with Crippen LogP contribution >= 0.6 is 0 Å². The number of nitrogens with zero attached hydrogens (tertiary/aromatic N) is 2. The number of urea groups is 1. The van der Waals surface area contributed by atoms with Crippen LogP contribution in [0.2, 0.25) is 0 Å². The summed E-state index contributed by atoms with van der Waals surface area (Å²) >= 11 is 0. The van der Waals surface area contributed by atoms with E-state index in [0.29, 0.717) is 32.0 Å². The maximum absolute atomic E-state index is 13.2. The van der Waals surface area contributed by atoms with Gasteiger partial charge in [0.25, 0.3) is 0 Å². The van der Waals surface area contributed by atoms with Gasteiger partial charge in [-0.25, -0.2) is 4.79 Å². The summed E-state index contributed by atoms with van der Waals surface area (Å²) in [7, 11) is 0. The molecule has 6 nitrogen and oxygen atoms in total. The van der Waals surface area contributed by atoms with Crippen molar-refractivity contribution in [3.63, 3.8) is 0 Å². The van der Waals surface area contributed by atoms with Gasteiger partial charge in [0.1, 0.15) is 0 Å². The monoisotopic (exact) mass is 434 g/mol. The van der Waals surface area contributed by atoms with Gasteiger partial charge >= 0.3 is 6.03 Å². The molecule has 3 amide bonds. The van der Waals surface area contributed by atoms with Gasteiger partial charge in [0.15, 0.2) is 0 Å². The maximum Gasteiger partial charge on any atom is 0.317 e. The highest BCUT2D eigenvalue weighted by Crippen LogP contribution is 2.25. The number of hydrogen-bond donors (Lipinski definition) is 2. The summed E-state index contributed by atoms with van der Waals surface area (Å²) in [6.45, 7) is 3.26. The second-order valence-corrected chi connectivity index (χ2v) is 9.10. The first-order valence-corrected chi connectivity index (χ1v) is 11.9. The van der Waals surface area contributed by atoms with Crippen LogP contribution in [0.5, 0.6) is 0 Å². The number of benzene rings is 1. The van der Waals surface area contributed by atoms with E-state index in [1.807, 2.05) is 54.3 Å². The van der Waals surface area contributed by atoms with Gasteiger partial charge in [-0.05, 0) is 49.8 Å². The minimum atomic E-state index is -0.280. The predicted octanol–water partition coefficient (Wildman–Crippen LogP) is 4.35. The lowest BCUT2D eigenvalue weighted by molar-refractivity contribution is -0.126.